The first-order chi connectivity index (χ1) is 7.58. The zero-order valence-electron chi connectivity index (χ0n) is 9.08. The van der Waals surface area contributed by atoms with Crippen LogP contribution in [0.15, 0.2) is 34.1 Å². The van der Waals surface area contributed by atoms with Crippen LogP contribution in [-0.4, -0.2) is 5.78 Å². The molecule has 0 saturated carbocycles. The van der Waals surface area contributed by atoms with Gasteiger partial charge in [0, 0.05) is 5.56 Å². The van der Waals surface area contributed by atoms with Crippen molar-refractivity contribution in [3.8, 4) is 0 Å². The minimum Gasteiger partial charge on any atom is -0.288 e. The highest BCUT2D eigenvalue weighted by atomic mass is 79.9. The summed E-state index contributed by atoms with van der Waals surface area (Å²) >= 11 is 4.92. The average molecular weight is 295 g/mol. The van der Waals surface area contributed by atoms with E-state index in [1.165, 1.54) is 16.9 Å². The average Bonchev–Trinajstić information content (AvgIpc) is 2.59. The quantitative estimate of drug-likeness (QED) is 0.752. The first-order valence-electron chi connectivity index (χ1n) is 4.95. The lowest BCUT2D eigenvalue weighted by molar-refractivity contribution is 0.104. The van der Waals surface area contributed by atoms with Crippen LogP contribution in [0.25, 0.3) is 0 Å². The SMILES string of the molecule is Cc1ccc(C(=O)c2cc(C)c(Br)s2)cc1. The number of carbonyl (C=O) groups excluding carboxylic acids is 1. The van der Waals surface area contributed by atoms with Crippen LogP contribution in [0.3, 0.4) is 0 Å². The lowest BCUT2D eigenvalue weighted by Gasteiger charge is -1.98. The summed E-state index contributed by atoms with van der Waals surface area (Å²) < 4.78 is 1.03. The number of hydrogen-bond donors (Lipinski definition) is 0. The number of thiophene rings is 1. The second kappa shape index (κ2) is 4.52. The van der Waals surface area contributed by atoms with E-state index >= 15 is 0 Å². The van der Waals surface area contributed by atoms with Crippen LogP contribution >= 0.6 is 27.3 Å². The Morgan fingerprint density at radius 2 is 1.81 bits per heavy atom. The second-order valence-electron chi connectivity index (χ2n) is 3.76. The van der Waals surface area contributed by atoms with E-state index in [9.17, 15) is 4.79 Å². The molecule has 0 aliphatic rings. The summed E-state index contributed by atoms with van der Waals surface area (Å²) in [5, 5.41) is 0. The van der Waals surface area contributed by atoms with Crippen LogP contribution in [0, 0.1) is 13.8 Å². The fourth-order valence-electron chi connectivity index (χ4n) is 1.42. The Labute approximate surface area is 107 Å². The molecule has 82 valence electrons. The summed E-state index contributed by atoms with van der Waals surface area (Å²) in [6, 6.07) is 9.60. The van der Waals surface area contributed by atoms with Gasteiger partial charge in [-0.05, 0) is 41.4 Å². The molecule has 0 aliphatic heterocycles. The van der Waals surface area contributed by atoms with E-state index in [-0.39, 0.29) is 5.78 Å². The van der Waals surface area contributed by atoms with Crippen LogP contribution in [0.2, 0.25) is 0 Å². The molecule has 1 aromatic heterocycles. The van der Waals surface area contributed by atoms with E-state index in [1.807, 2.05) is 44.2 Å². The molecule has 1 nitrogen and oxygen atoms in total. The summed E-state index contributed by atoms with van der Waals surface area (Å²) in [7, 11) is 0. The lowest BCUT2D eigenvalue weighted by atomic mass is 10.1. The molecule has 0 fully saturated rings. The third-order valence-corrected chi connectivity index (χ3v) is 4.53. The summed E-state index contributed by atoms with van der Waals surface area (Å²) in [5.74, 6) is 0.0961. The molecule has 2 rings (SSSR count). The molecule has 16 heavy (non-hydrogen) atoms. The summed E-state index contributed by atoms with van der Waals surface area (Å²) in [4.78, 5) is 12.9. The van der Waals surface area contributed by atoms with E-state index in [4.69, 9.17) is 0 Å². The Balaban J connectivity index is 2.35. The van der Waals surface area contributed by atoms with Gasteiger partial charge in [-0.2, -0.15) is 0 Å². The van der Waals surface area contributed by atoms with Gasteiger partial charge in [0.15, 0.2) is 0 Å². The maximum Gasteiger partial charge on any atom is 0.202 e. The van der Waals surface area contributed by atoms with Crippen molar-refractivity contribution < 1.29 is 4.79 Å². The van der Waals surface area contributed by atoms with Gasteiger partial charge in [-0.1, -0.05) is 29.8 Å². The van der Waals surface area contributed by atoms with Crippen molar-refractivity contribution in [2.75, 3.05) is 0 Å². The van der Waals surface area contributed by atoms with Crippen LogP contribution in [0.5, 0.6) is 0 Å². The van der Waals surface area contributed by atoms with Crippen LogP contribution in [0.1, 0.15) is 26.4 Å². The molecule has 0 spiro atoms. The summed E-state index contributed by atoms with van der Waals surface area (Å²) in [6.45, 7) is 4.01. The van der Waals surface area contributed by atoms with Crippen molar-refractivity contribution >= 4 is 33.0 Å². The van der Waals surface area contributed by atoms with E-state index in [0.717, 1.165) is 19.8 Å². The van der Waals surface area contributed by atoms with Gasteiger partial charge >= 0.3 is 0 Å². The molecule has 0 saturated heterocycles. The number of ketones is 1. The first kappa shape index (κ1) is 11.6. The van der Waals surface area contributed by atoms with Crippen molar-refractivity contribution in [3.63, 3.8) is 0 Å². The van der Waals surface area contributed by atoms with Gasteiger partial charge in [0.25, 0.3) is 0 Å². The highest BCUT2D eigenvalue weighted by Gasteiger charge is 2.12. The van der Waals surface area contributed by atoms with Crippen molar-refractivity contribution in [3.05, 3.63) is 55.7 Å². The van der Waals surface area contributed by atoms with Gasteiger partial charge in [-0.15, -0.1) is 11.3 Å². The zero-order valence-corrected chi connectivity index (χ0v) is 11.5. The van der Waals surface area contributed by atoms with E-state index in [1.54, 1.807) is 0 Å². The topological polar surface area (TPSA) is 17.1 Å². The third kappa shape index (κ3) is 2.25. The number of carbonyl (C=O) groups is 1. The zero-order chi connectivity index (χ0) is 11.7. The lowest BCUT2D eigenvalue weighted by Crippen LogP contribution is -1.97. The van der Waals surface area contributed by atoms with Crippen LogP contribution < -0.4 is 0 Å². The van der Waals surface area contributed by atoms with E-state index in [0.29, 0.717) is 0 Å². The maximum atomic E-state index is 12.1. The maximum absolute atomic E-state index is 12.1. The minimum absolute atomic E-state index is 0.0961. The Bertz CT molecular complexity index is 506. The second-order valence-corrected chi connectivity index (χ2v) is 6.13. The van der Waals surface area contributed by atoms with Gasteiger partial charge in [0.1, 0.15) is 0 Å². The molecule has 0 bridgehead atoms. The predicted molar refractivity (Wildman–Crippen MR) is 71.4 cm³/mol. The largest absolute Gasteiger partial charge is 0.288 e. The normalized spacial score (nSPS) is 10.4. The van der Waals surface area contributed by atoms with Gasteiger partial charge in [0.05, 0.1) is 8.66 Å². The van der Waals surface area contributed by atoms with Gasteiger partial charge in [0.2, 0.25) is 5.78 Å². The smallest absolute Gasteiger partial charge is 0.202 e. The Morgan fingerprint density at radius 1 is 1.19 bits per heavy atom. The number of hydrogen-bond acceptors (Lipinski definition) is 2. The fourth-order valence-corrected chi connectivity index (χ4v) is 2.92. The molecule has 0 radical (unpaired) electrons. The molecule has 0 unspecified atom stereocenters. The first-order valence-corrected chi connectivity index (χ1v) is 6.56. The van der Waals surface area contributed by atoms with Crippen molar-refractivity contribution in [1.29, 1.82) is 0 Å². The summed E-state index contributed by atoms with van der Waals surface area (Å²) in [5.41, 5.74) is 3.03. The predicted octanol–water partition coefficient (Wildman–Crippen LogP) is 4.36. The molecule has 0 amide bonds. The highest BCUT2D eigenvalue weighted by molar-refractivity contribution is 9.11. The molecule has 0 N–H and O–H groups in total. The Morgan fingerprint density at radius 3 is 2.31 bits per heavy atom. The number of benzene rings is 1. The van der Waals surface area contributed by atoms with Crippen molar-refractivity contribution in [2.45, 2.75) is 13.8 Å². The monoisotopic (exact) mass is 294 g/mol. The number of rotatable bonds is 2. The molecule has 0 aliphatic carbocycles. The minimum atomic E-state index is 0.0961. The van der Waals surface area contributed by atoms with E-state index < -0.39 is 0 Å². The molecular weight excluding hydrogens is 284 g/mol. The van der Waals surface area contributed by atoms with Crippen molar-refractivity contribution in [1.82, 2.24) is 0 Å². The Kier molecular flexibility index (Phi) is 3.26. The standard InChI is InChI=1S/C13H11BrOS/c1-8-3-5-10(6-4-8)12(15)11-7-9(2)13(14)16-11/h3-7H,1-2H3. The van der Waals surface area contributed by atoms with Crippen LogP contribution in [0.4, 0.5) is 0 Å². The van der Waals surface area contributed by atoms with Gasteiger partial charge < -0.3 is 0 Å². The fraction of sp³-hybridized carbons (Fsp3) is 0.154. The molecule has 1 aromatic carbocycles. The van der Waals surface area contributed by atoms with Crippen LogP contribution in [-0.2, 0) is 0 Å². The van der Waals surface area contributed by atoms with Gasteiger partial charge in [-0.3, -0.25) is 4.79 Å². The Hall–Kier alpha value is -0.930. The molecule has 2 aromatic rings. The summed E-state index contributed by atoms with van der Waals surface area (Å²) in [6.07, 6.45) is 0. The molecule has 1 heterocycles. The molecule has 0 atom stereocenters. The molecule has 3 heteroatoms. The third-order valence-electron chi connectivity index (χ3n) is 2.39. The molecular formula is C13H11BrOS. The van der Waals surface area contributed by atoms with Crippen molar-refractivity contribution in [2.24, 2.45) is 0 Å². The van der Waals surface area contributed by atoms with E-state index in [2.05, 4.69) is 15.9 Å². The number of aryl methyl sites for hydroxylation is 2. The number of halogens is 1. The van der Waals surface area contributed by atoms with Gasteiger partial charge in [-0.25, -0.2) is 0 Å². The highest BCUT2D eigenvalue weighted by Crippen LogP contribution is 2.28.